The molecule has 7 nitrogen and oxygen atoms in total. The molecule has 1 unspecified atom stereocenters. The molecule has 5 rings (SSSR count). The van der Waals surface area contributed by atoms with Crippen LogP contribution in [0.3, 0.4) is 0 Å². The van der Waals surface area contributed by atoms with Gasteiger partial charge in [0.2, 0.25) is 0 Å². The first-order valence-electron chi connectivity index (χ1n) is 18.3. The van der Waals surface area contributed by atoms with Gasteiger partial charge in [-0.1, -0.05) is 104 Å². The minimum atomic E-state index is -2.57. The predicted octanol–water partition coefficient (Wildman–Crippen LogP) is 11.8. The fourth-order valence-electron chi connectivity index (χ4n) is 6.15. The van der Waals surface area contributed by atoms with E-state index >= 15 is 0 Å². The van der Waals surface area contributed by atoms with Gasteiger partial charge in [-0.2, -0.15) is 0 Å². The maximum absolute atomic E-state index is 11.4. The van der Waals surface area contributed by atoms with Crippen LogP contribution in [-0.4, -0.2) is 51.9 Å². The zero-order valence-electron chi connectivity index (χ0n) is 32.8. The lowest BCUT2D eigenvalue weighted by Gasteiger charge is -2.41. The molecule has 0 spiro atoms. The Hall–Kier alpha value is -4.46. The van der Waals surface area contributed by atoms with E-state index in [-0.39, 0.29) is 11.3 Å². The largest absolute Gasteiger partial charge is 0.507 e. The highest BCUT2D eigenvalue weighted by atomic mass is 28.5. The number of aromatic hydroxyl groups is 1. The molecule has 53 heavy (non-hydrogen) atoms. The first-order chi connectivity index (χ1) is 25.1. The summed E-state index contributed by atoms with van der Waals surface area (Å²) >= 11 is 0. The molecule has 1 heterocycles. The van der Waals surface area contributed by atoms with Crippen LogP contribution in [0.5, 0.6) is 11.5 Å². The average molecular weight is 760 g/mol. The second-order valence-corrected chi connectivity index (χ2v) is 28.5. The van der Waals surface area contributed by atoms with Crippen molar-refractivity contribution >= 4 is 30.8 Å². The van der Waals surface area contributed by atoms with Gasteiger partial charge in [-0.05, 0) is 94.1 Å². The number of benzene rings is 4. The minimum absolute atomic E-state index is 0.0220. The normalized spacial score (nSPS) is 13.4. The fraction of sp³-hybridized carbons (Fsp3) is 0.279. The molecule has 0 bridgehead atoms. The Morgan fingerprint density at radius 1 is 0.660 bits per heavy atom. The summed E-state index contributed by atoms with van der Waals surface area (Å²) in [5.41, 5.74) is 6.72. The summed E-state index contributed by atoms with van der Waals surface area (Å²) in [5, 5.41) is 11.4. The van der Waals surface area contributed by atoms with Gasteiger partial charge in [0.15, 0.2) is 34.1 Å². The highest BCUT2D eigenvalue weighted by Gasteiger charge is 2.45. The van der Waals surface area contributed by atoms with E-state index < -0.39 is 25.2 Å². The molecule has 0 saturated heterocycles. The third kappa shape index (κ3) is 10.6. The number of allylic oxidation sites excluding steroid dienone is 4. The topological polar surface area (TPSA) is 86.6 Å². The average Bonchev–Trinajstić information content (AvgIpc) is 3.11. The molecule has 276 valence electrons. The Bertz CT molecular complexity index is 2040. The molecule has 0 radical (unpaired) electrons. The molecule has 0 aliphatic carbocycles. The minimum Gasteiger partial charge on any atom is -0.507 e. The number of hydrogen-bond acceptors (Lipinski definition) is 7. The molecule has 4 aromatic carbocycles. The van der Waals surface area contributed by atoms with Crippen molar-refractivity contribution in [1.82, 2.24) is 15.0 Å². The Morgan fingerprint density at radius 2 is 1.17 bits per heavy atom. The zero-order chi connectivity index (χ0) is 38.4. The summed E-state index contributed by atoms with van der Waals surface area (Å²) in [6, 6.07) is 31.9. The number of nitrogens with zero attached hydrogens (tertiary/aromatic N) is 3. The van der Waals surface area contributed by atoms with Crippen molar-refractivity contribution in [2.45, 2.75) is 72.1 Å². The van der Waals surface area contributed by atoms with Crippen LogP contribution >= 0.6 is 0 Å². The highest BCUT2D eigenvalue weighted by molar-refractivity contribution is 6.88. The Kier molecular flexibility index (Phi) is 12.5. The monoisotopic (exact) mass is 759 g/mol. The summed E-state index contributed by atoms with van der Waals surface area (Å²) in [7, 11) is -6.31. The summed E-state index contributed by atoms with van der Waals surface area (Å²) < 4.78 is 19.8. The highest BCUT2D eigenvalue weighted by Crippen LogP contribution is 2.36. The number of aromatic nitrogens is 3. The van der Waals surface area contributed by atoms with Gasteiger partial charge in [0, 0.05) is 22.7 Å². The van der Waals surface area contributed by atoms with Crippen LogP contribution in [0, 0.1) is 0 Å². The van der Waals surface area contributed by atoms with E-state index in [4.69, 9.17) is 27.9 Å². The molecular weight excluding hydrogens is 707 g/mol. The van der Waals surface area contributed by atoms with Crippen LogP contribution in [0.15, 0.2) is 115 Å². The zero-order valence-corrected chi connectivity index (χ0v) is 35.8. The van der Waals surface area contributed by atoms with Crippen LogP contribution < -0.4 is 4.74 Å². The number of rotatable bonds is 14. The van der Waals surface area contributed by atoms with E-state index in [1.54, 1.807) is 6.07 Å². The Morgan fingerprint density at radius 3 is 1.68 bits per heavy atom. The van der Waals surface area contributed by atoms with Crippen molar-refractivity contribution in [2.24, 2.45) is 0 Å². The molecule has 0 fully saturated rings. The number of phenolic OH excluding ortho intramolecular Hbond substituents is 1. The molecular formula is C43H53N3O4Si3. The van der Waals surface area contributed by atoms with Crippen molar-refractivity contribution in [2.75, 3.05) is 6.61 Å². The summed E-state index contributed by atoms with van der Waals surface area (Å²) in [4.78, 5) is 14.7. The van der Waals surface area contributed by atoms with Gasteiger partial charge in [0.25, 0.3) is 0 Å². The van der Waals surface area contributed by atoms with E-state index in [2.05, 4.69) is 101 Å². The number of phenols is 1. The fourth-order valence-corrected chi connectivity index (χ4v) is 18.4. The van der Waals surface area contributed by atoms with E-state index in [0.29, 0.717) is 35.4 Å². The third-order valence-corrected chi connectivity index (χ3v) is 18.7. The second kappa shape index (κ2) is 16.7. The van der Waals surface area contributed by atoms with E-state index in [1.165, 1.54) is 0 Å². The molecule has 1 aromatic heterocycles. The first kappa shape index (κ1) is 39.7. The number of ether oxygens (including phenoxy) is 1. The Labute approximate surface area is 319 Å². The van der Waals surface area contributed by atoms with Crippen LogP contribution in [0.4, 0.5) is 0 Å². The van der Waals surface area contributed by atoms with Crippen molar-refractivity contribution in [3.05, 3.63) is 121 Å². The van der Waals surface area contributed by atoms with E-state index in [1.807, 2.05) is 74.5 Å². The van der Waals surface area contributed by atoms with Gasteiger partial charge >= 0.3 is 8.56 Å². The third-order valence-electron chi connectivity index (χ3n) is 8.64. The number of hydrogen-bond donors (Lipinski definition) is 1. The quantitative estimate of drug-likeness (QED) is 0.0891. The van der Waals surface area contributed by atoms with Crippen LogP contribution in [0.25, 0.3) is 50.9 Å². The maximum Gasteiger partial charge on any atom is 0.320 e. The molecule has 0 saturated carbocycles. The molecule has 0 aliphatic heterocycles. The molecule has 10 heteroatoms. The SMILES string of the molecule is CC=CC(=CC)c1ccc(-c2nc(-c3ccc(-c4ccccc4)cc3)nc(-c3ccc(OCC(C)[Si](C)(O[Si](C)(C)C)O[Si](C)(C)C)cc3O)n2)cc1. The lowest BCUT2D eigenvalue weighted by Crippen LogP contribution is -2.55. The molecule has 5 aromatic rings. The summed E-state index contributed by atoms with van der Waals surface area (Å²) in [5.74, 6) is 1.97. The predicted molar refractivity (Wildman–Crippen MR) is 227 cm³/mol. The van der Waals surface area contributed by atoms with Gasteiger partial charge in [0.05, 0.1) is 12.2 Å². The smallest absolute Gasteiger partial charge is 0.320 e. The Balaban J connectivity index is 1.48. The molecule has 1 atom stereocenters. The van der Waals surface area contributed by atoms with Crippen LogP contribution in [-0.2, 0) is 8.23 Å². The molecule has 0 aliphatic rings. The van der Waals surface area contributed by atoms with Crippen molar-refractivity contribution < 1.29 is 18.1 Å². The lowest BCUT2D eigenvalue weighted by molar-refractivity contribution is 0.279. The van der Waals surface area contributed by atoms with Gasteiger partial charge < -0.3 is 18.1 Å². The summed E-state index contributed by atoms with van der Waals surface area (Å²) in [6.45, 7) is 22.0. The second-order valence-electron chi connectivity index (χ2n) is 15.4. The van der Waals surface area contributed by atoms with Gasteiger partial charge in [-0.25, -0.2) is 15.0 Å². The van der Waals surface area contributed by atoms with Crippen molar-refractivity contribution in [3.8, 4) is 56.8 Å². The van der Waals surface area contributed by atoms with E-state index in [0.717, 1.165) is 33.4 Å². The summed E-state index contributed by atoms with van der Waals surface area (Å²) in [6.07, 6.45) is 6.21. The lowest BCUT2D eigenvalue weighted by atomic mass is 10.0. The van der Waals surface area contributed by atoms with E-state index in [9.17, 15) is 5.11 Å². The standard InChI is InChI=1S/C43H53N3O4Si3/c1-11-16-32(12-2)34-19-23-36(24-20-34)41-44-42(37-25-21-35(22-26-37)33-17-14-13-15-18-33)46-43(45-41)39-28-27-38(29-40(39)47)48-30-31(3)53(10,49-51(4,5)6)50-52(7,8)9/h11-29,31,47H,30H2,1-10H3. The van der Waals surface area contributed by atoms with Crippen LogP contribution in [0.2, 0.25) is 51.4 Å². The van der Waals surface area contributed by atoms with Crippen molar-refractivity contribution in [3.63, 3.8) is 0 Å². The van der Waals surface area contributed by atoms with Crippen molar-refractivity contribution in [1.29, 1.82) is 0 Å². The van der Waals surface area contributed by atoms with Gasteiger partial charge in [-0.15, -0.1) is 0 Å². The molecule has 1 N–H and O–H groups in total. The van der Waals surface area contributed by atoms with Gasteiger partial charge in [0.1, 0.15) is 11.5 Å². The van der Waals surface area contributed by atoms with Gasteiger partial charge in [-0.3, -0.25) is 0 Å². The maximum atomic E-state index is 11.4. The molecule has 0 amide bonds. The first-order valence-corrected chi connectivity index (χ1v) is 27.5. The van der Waals surface area contributed by atoms with Crippen LogP contribution in [0.1, 0.15) is 26.3 Å².